The maximum atomic E-state index is 5.22. The number of aromatic nitrogens is 7. The van der Waals surface area contributed by atoms with Crippen LogP contribution in [0.2, 0.25) is 0 Å². The first-order valence-corrected chi connectivity index (χ1v) is 15.7. The summed E-state index contributed by atoms with van der Waals surface area (Å²) in [5.74, 6) is 1.69. The van der Waals surface area contributed by atoms with E-state index < -0.39 is 0 Å². The summed E-state index contributed by atoms with van der Waals surface area (Å²) in [6, 6.07) is 42.9. The Bertz CT molecular complexity index is 2730. The molecule has 0 spiro atoms. The van der Waals surface area contributed by atoms with Crippen molar-refractivity contribution in [2.24, 2.45) is 0 Å². The molecule has 5 heterocycles. The van der Waals surface area contributed by atoms with Crippen LogP contribution in [0.15, 0.2) is 140 Å². The van der Waals surface area contributed by atoms with Gasteiger partial charge in [0.05, 0.1) is 33.1 Å². The summed E-state index contributed by atoms with van der Waals surface area (Å²) in [4.78, 5) is 35.1. The fraction of sp³-hybridized carbons (Fsp3) is 0. The van der Waals surface area contributed by atoms with Gasteiger partial charge < -0.3 is 0 Å². The van der Waals surface area contributed by atoms with E-state index >= 15 is 0 Å². The monoisotopic (exact) mass is 613 g/mol. The van der Waals surface area contributed by atoms with Gasteiger partial charge in [0.2, 0.25) is 0 Å². The van der Waals surface area contributed by atoms with E-state index in [1.165, 1.54) is 0 Å². The third-order valence-corrected chi connectivity index (χ3v) is 8.90. The van der Waals surface area contributed by atoms with Gasteiger partial charge in [-0.05, 0) is 48.5 Å². The molecule has 0 aliphatic carbocycles. The molecule has 0 atom stereocenters. The van der Waals surface area contributed by atoms with Gasteiger partial charge in [0.1, 0.15) is 0 Å². The zero-order chi connectivity index (χ0) is 31.6. The second kappa shape index (κ2) is 10.4. The molecule has 10 rings (SSSR count). The SMILES string of the molecule is c1ccc(-c2nc(-c3cc4cc5ccccc5nc4c4ncccc34)nc(-c3cc4cc5ccccc5nc4c4ncccc34)n2)cc1. The molecular weight excluding hydrogens is 591 g/mol. The summed E-state index contributed by atoms with van der Waals surface area (Å²) in [5, 5.41) is 5.90. The average Bonchev–Trinajstić information content (AvgIpc) is 3.16. The number of rotatable bonds is 3. The van der Waals surface area contributed by atoms with Crippen LogP contribution >= 0.6 is 0 Å². The Labute approximate surface area is 273 Å². The van der Waals surface area contributed by atoms with Crippen molar-refractivity contribution in [1.82, 2.24) is 34.9 Å². The number of nitrogens with zero attached hydrogens (tertiary/aromatic N) is 7. The van der Waals surface area contributed by atoms with Crippen molar-refractivity contribution in [3.63, 3.8) is 0 Å². The van der Waals surface area contributed by atoms with Gasteiger partial charge in [0.15, 0.2) is 17.5 Å². The second-order valence-electron chi connectivity index (χ2n) is 11.8. The predicted molar refractivity (Wildman–Crippen MR) is 192 cm³/mol. The maximum absolute atomic E-state index is 5.22. The maximum Gasteiger partial charge on any atom is 0.164 e. The molecule has 48 heavy (non-hydrogen) atoms. The van der Waals surface area contributed by atoms with Gasteiger partial charge in [-0.2, -0.15) is 0 Å². The highest BCUT2D eigenvalue weighted by Crippen LogP contribution is 2.37. The lowest BCUT2D eigenvalue weighted by Crippen LogP contribution is -2.02. The molecule has 222 valence electrons. The summed E-state index contributed by atoms with van der Waals surface area (Å²) in [7, 11) is 0. The zero-order valence-corrected chi connectivity index (χ0v) is 25.4. The van der Waals surface area contributed by atoms with Crippen molar-refractivity contribution in [1.29, 1.82) is 0 Å². The first kappa shape index (κ1) is 26.5. The van der Waals surface area contributed by atoms with Crippen LogP contribution in [0.1, 0.15) is 0 Å². The Hall–Kier alpha value is -6.73. The summed E-state index contributed by atoms with van der Waals surface area (Å²) in [5.41, 5.74) is 7.77. The normalized spacial score (nSPS) is 11.8. The molecular formula is C41H23N7. The molecule has 0 bridgehead atoms. The van der Waals surface area contributed by atoms with Crippen molar-refractivity contribution in [3.05, 3.63) is 140 Å². The third-order valence-electron chi connectivity index (χ3n) is 8.90. The van der Waals surface area contributed by atoms with Gasteiger partial charge in [0.25, 0.3) is 0 Å². The van der Waals surface area contributed by atoms with Gasteiger partial charge in [-0.3, -0.25) is 9.97 Å². The fourth-order valence-electron chi connectivity index (χ4n) is 6.66. The van der Waals surface area contributed by atoms with Crippen molar-refractivity contribution in [2.45, 2.75) is 0 Å². The highest BCUT2D eigenvalue weighted by atomic mass is 15.0. The second-order valence-corrected chi connectivity index (χ2v) is 11.8. The first-order chi connectivity index (χ1) is 23.8. The minimum absolute atomic E-state index is 0.556. The van der Waals surface area contributed by atoms with E-state index in [9.17, 15) is 0 Å². The minimum Gasteiger partial charge on any atom is -0.254 e. The van der Waals surface area contributed by atoms with Gasteiger partial charge in [-0.15, -0.1) is 0 Å². The lowest BCUT2D eigenvalue weighted by molar-refractivity contribution is 1.08. The largest absolute Gasteiger partial charge is 0.254 e. The minimum atomic E-state index is 0.556. The van der Waals surface area contributed by atoms with Crippen molar-refractivity contribution in [3.8, 4) is 34.2 Å². The number of fused-ring (bicyclic) bond motifs is 8. The van der Waals surface area contributed by atoms with E-state index in [1.54, 1.807) is 0 Å². The lowest BCUT2D eigenvalue weighted by atomic mass is 10.0. The molecule has 10 aromatic rings. The van der Waals surface area contributed by atoms with Gasteiger partial charge in [0, 0.05) is 61.4 Å². The first-order valence-electron chi connectivity index (χ1n) is 15.7. The Morgan fingerprint density at radius 1 is 0.333 bits per heavy atom. The van der Waals surface area contributed by atoms with Crippen molar-refractivity contribution < 1.29 is 0 Å². The van der Waals surface area contributed by atoms with E-state index in [2.05, 4.69) is 48.5 Å². The number of para-hydroxylation sites is 2. The number of benzene rings is 5. The highest BCUT2D eigenvalue weighted by molar-refractivity contribution is 6.13. The van der Waals surface area contributed by atoms with E-state index in [1.807, 2.05) is 91.3 Å². The van der Waals surface area contributed by atoms with Crippen molar-refractivity contribution in [2.75, 3.05) is 0 Å². The molecule has 5 aromatic heterocycles. The molecule has 0 radical (unpaired) electrons. The molecule has 0 aliphatic rings. The third kappa shape index (κ3) is 4.18. The van der Waals surface area contributed by atoms with Crippen LogP contribution < -0.4 is 0 Å². The molecule has 0 N–H and O–H groups in total. The average molecular weight is 614 g/mol. The van der Waals surface area contributed by atoms with Crippen LogP contribution in [0.4, 0.5) is 0 Å². The summed E-state index contributed by atoms with van der Waals surface area (Å²) < 4.78 is 0. The molecule has 0 unspecified atom stereocenters. The molecule has 0 aliphatic heterocycles. The molecule has 7 heteroatoms. The highest BCUT2D eigenvalue weighted by Gasteiger charge is 2.20. The predicted octanol–water partition coefficient (Wildman–Crippen LogP) is 9.37. The molecule has 7 nitrogen and oxygen atoms in total. The fourth-order valence-corrected chi connectivity index (χ4v) is 6.66. The molecule has 0 saturated heterocycles. The summed E-state index contributed by atoms with van der Waals surface area (Å²) >= 11 is 0. The van der Waals surface area contributed by atoms with Crippen LogP contribution in [0, 0.1) is 0 Å². The van der Waals surface area contributed by atoms with E-state index in [0.717, 1.165) is 82.1 Å². The Morgan fingerprint density at radius 2 is 0.812 bits per heavy atom. The molecule has 5 aromatic carbocycles. The smallest absolute Gasteiger partial charge is 0.164 e. The van der Waals surface area contributed by atoms with Gasteiger partial charge in [-0.1, -0.05) is 78.9 Å². The topological polar surface area (TPSA) is 90.2 Å². The molecule has 0 amide bonds. The van der Waals surface area contributed by atoms with Crippen LogP contribution in [0.3, 0.4) is 0 Å². The van der Waals surface area contributed by atoms with Crippen LogP contribution in [0.25, 0.3) is 99.6 Å². The summed E-state index contributed by atoms with van der Waals surface area (Å²) in [6.45, 7) is 0. The number of hydrogen-bond donors (Lipinski definition) is 0. The summed E-state index contributed by atoms with van der Waals surface area (Å²) in [6.07, 6.45) is 3.62. The zero-order valence-electron chi connectivity index (χ0n) is 25.4. The van der Waals surface area contributed by atoms with Gasteiger partial charge in [-0.25, -0.2) is 24.9 Å². The molecule has 0 fully saturated rings. The van der Waals surface area contributed by atoms with E-state index in [4.69, 9.17) is 34.9 Å². The van der Waals surface area contributed by atoms with Crippen molar-refractivity contribution >= 4 is 65.4 Å². The van der Waals surface area contributed by atoms with Crippen LogP contribution in [0.5, 0.6) is 0 Å². The van der Waals surface area contributed by atoms with E-state index in [0.29, 0.717) is 17.5 Å². The Morgan fingerprint density at radius 3 is 1.35 bits per heavy atom. The lowest BCUT2D eigenvalue weighted by Gasteiger charge is -2.14. The van der Waals surface area contributed by atoms with Gasteiger partial charge >= 0.3 is 0 Å². The number of hydrogen-bond acceptors (Lipinski definition) is 7. The Kier molecular flexibility index (Phi) is 5.74. The van der Waals surface area contributed by atoms with Crippen LogP contribution in [-0.2, 0) is 0 Å². The quantitative estimate of drug-likeness (QED) is 0.145. The number of pyridine rings is 4. The molecule has 0 saturated carbocycles. The van der Waals surface area contributed by atoms with Crippen LogP contribution in [-0.4, -0.2) is 34.9 Å². The standard InChI is InChI=1S/C41H23N7/c1-2-10-24(11-3-1)39-46-40(31-22-27-20-25-12-4-6-16-33(25)44-35(27)37-29(31)14-8-18-42-37)48-41(47-39)32-23-28-21-26-13-5-7-17-34(26)45-36(28)38-30(32)15-9-19-43-38/h1-23H. The Balaban J connectivity index is 1.29. The van der Waals surface area contributed by atoms with E-state index in [-0.39, 0.29) is 0 Å².